The highest BCUT2D eigenvalue weighted by Gasteiger charge is 2.81. The van der Waals surface area contributed by atoms with Crippen LogP contribution in [0.1, 0.15) is 113 Å². The van der Waals surface area contributed by atoms with Crippen LogP contribution in [0.3, 0.4) is 0 Å². The number of carbonyl (C=O) groups is 2. The summed E-state index contributed by atoms with van der Waals surface area (Å²) in [5.74, 6) is -1.41. The first-order valence-corrected chi connectivity index (χ1v) is 21.8. The molecule has 59 heavy (non-hydrogen) atoms. The molecule has 3 heterocycles. The number of ketones is 1. The zero-order valence-corrected chi connectivity index (χ0v) is 36.6. The number of esters is 1. The number of hydrogen-bond acceptors (Lipinski definition) is 15. The van der Waals surface area contributed by atoms with Gasteiger partial charge in [0.1, 0.15) is 41.2 Å². The molecule has 6 fully saturated rings. The van der Waals surface area contributed by atoms with Crippen LogP contribution in [0.15, 0.2) is 11.6 Å². The van der Waals surface area contributed by atoms with Gasteiger partial charge in [0.05, 0.1) is 48.1 Å². The van der Waals surface area contributed by atoms with E-state index in [1.54, 1.807) is 35.2 Å². The SMILES string of the molecule is CO[C@H]1C[C@H]([C@H]2CC[C@@]3(C)C(=CC[C@]4(O)[C@@H]3CC(OC(C)=O)[C@@]3(C)[C@]4(O)CC[C@]3(O)C(C)=O)C2)O[C@H](C)[C@H]1O[C@H]1C[C@@H](OC)[C@H](O[C@H]2C[C@@H](OC)[C@H](O)[C@@H](C)O2)[C@@H](C)O1. The number of rotatable bonds is 10. The standard InChI is InChI=1S/C44H70O15/c1-22-37(47)30(51-8)19-35(55-22)58-39-24(3)56-36(20-32(39)53-10)59-38-23(2)54-29(18-31(38)52-9)27-11-13-40(6)28(17-27)12-14-43(49)33(40)21-34(57-26(5)46)41(7)42(48,25(4)45)15-16-44(41,43)50/h12,22-24,27,29-39,47-50H,11,13-21H2,1-10H3/t22-,23-,24-,27+,29-,30-,31+,32-,33-,34?,35+,36+,37-,38-,39-,40+,41-,42+,43+,44-/m1/s1. The van der Waals surface area contributed by atoms with Crippen LogP contribution in [0.2, 0.25) is 0 Å². The Bertz CT molecular complexity index is 1590. The summed E-state index contributed by atoms with van der Waals surface area (Å²) in [4.78, 5) is 25.5. The number of carbonyl (C=O) groups excluding carboxylic acids is 2. The van der Waals surface area contributed by atoms with Crippen molar-refractivity contribution in [3.8, 4) is 0 Å². The van der Waals surface area contributed by atoms with Crippen molar-refractivity contribution in [2.75, 3.05) is 21.3 Å². The normalized spacial score (nSPS) is 52.4. The molecule has 3 saturated heterocycles. The predicted octanol–water partition coefficient (Wildman–Crippen LogP) is 3.28. The molecule has 0 spiro atoms. The Kier molecular flexibility index (Phi) is 12.7. The molecule has 15 nitrogen and oxygen atoms in total. The average molecular weight is 839 g/mol. The Morgan fingerprint density at radius 2 is 1.34 bits per heavy atom. The lowest BCUT2D eigenvalue weighted by atomic mass is 9.42. The minimum atomic E-state index is -1.97. The number of methoxy groups -OCH3 is 3. The van der Waals surface area contributed by atoms with E-state index in [1.807, 2.05) is 13.8 Å². The number of ether oxygens (including phenoxy) is 9. The van der Waals surface area contributed by atoms with Gasteiger partial charge in [0.2, 0.25) is 0 Å². The van der Waals surface area contributed by atoms with E-state index in [1.165, 1.54) is 19.4 Å². The second-order valence-electron chi connectivity index (χ2n) is 19.3. The first-order chi connectivity index (χ1) is 27.7. The maximum Gasteiger partial charge on any atom is 0.302 e. The van der Waals surface area contributed by atoms with Crippen LogP contribution in [0.4, 0.5) is 0 Å². The van der Waals surface area contributed by atoms with Gasteiger partial charge in [-0.2, -0.15) is 0 Å². The molecule has 336 valence electrons. The molecule has 4 N–H and O–H groups in total. The number of aliphatic hydroxyl groups excluding tert-OH is 1. The van der Waals surface area contributed by atoms with Gasteiger partial charge >= 0.3 is 5.97 Å². The lowest BCUT2D eigenvalue weighted by molar-refractivity contribution is -0.330. The predicted molar refractivity (Wildman–Crippen MR) is 210 cm³/mol. The van der Waals surface area contributed by atoms with Crippen LogP contribution in [-0.2, 0) is 52.2 Å². The van der Waals surface area contributed by atoms with E-state index in [0.717, 1.165) is 12.8 Å². The van der Waals surface area contributed by atoms with E-state index in [4.69, 9.17) is 42.6 Å². The molecular formula is C44H70O15. The summed E-state index contributed by atoms with van der Waals surface area (Å²) in [6, 6.07) is 0. The van der Waals surface area contributed by atoms with Gasteiger partial charge in [-0.3, -0.25) is 9.59 Å². The van der Waals surface area contributed by atoms with E-state index in [9.17, 15) is 30.0 Å². The van der Waals surface area contributed by atoms with Crippen molar-refractivity contribution in [2.45, 2.75) is 209 Å². The minimum absolute atomic E-state index is 0.00274. The van der Waals surface area contributed by atoms with Crippen molar-refractivity contribution in [2.24, 2.45) is 22.7 Å². The molecule has 20 atom stereocenters. The smallest absolute Gasteiger partial charge is 0.302 e. The molecule has 0 bridgehead atoms. The lowest BCUT2D eigenvalue weighted by Gasteiger charge is -2.67. The molecule has 0 aromatic carbocycles. The molecule has 0 amide bonds. The largest absolute Gasteiger partial charge is 0.462 e. The Hall–Kier alpha value is -1.60. The second-order valence-corrected chi connectivity index (χ2v) is 19.3. The van der Waals surface area contributed by atoms with Gasteiger partial charge in [0.15, 0.2) is 18.4 Å². The van der Waals surface area contributed by atoms with E-state index < -0.39 is 101 Å². The summed E-state index contributed by atoms with van der Waals surface area (Å²) in [5.41, 5.74) is -6.47. The third-order valence-corrected chi connectivity index (χ3v) is 16.5. The summed E-state index contributed by atoms with van der Waals surface area (Å²) in [6.07, 6.45) is -0.106. The van der Waals surface area contributed by atoms with E-state index in [2.05, 4.69) is 13.0 Å². The highest BCUT2D eigenvalue weighted by Crippen LogP contribution is 2.71. The van der Waals surface area contributed by atoms with Crippen molar-refractivity contribution in [1.82, 2.24) is 0 Å². The quantitative estimate of drug-likeness (QED) is 0.185. The fraction of sp³-hybridized carbons (Fsp3) is 0.909. The van der Waals surface area contributed by atoms with Crippen LogP contribution in [-0.4, -0.2) is 150 Å². The van der Waals surface area contributed by atoms with Gasteiger partial charge in [-0.1, -0.05) is 18.6 Å². The number of hydrogen-bond donors (Lipinski definition) is 4. The van der Waals surface area contributed by atoms with Gasteiger partial charge in [-0.25, -0.2) is 0 Å². The van der Waals surface area contributed by atoms with Crippen molar-refractivity contribution in [1.29, 1.82) is 0 Å². The van der Waals surface area contributed by atoms with Crippen LogP contribution in [0.5, 0.6) is 0 Å². The average Bonchev–Trinajstić information content (AvgIpc) is 3.42. The minimum Gasteiger partial charge on any atom is -0.462 e. The second kappa shape index (κ2) is 16.5. The summed E-state index contributed by atoms with van der Waals surface area (Å²) >= 11 is 0. The van der Waals surface area contributed by atoms with Crippen LogP contribution < -0.4 is 0 Å². The van der Waals surface area contributed by atoms with Gasteiger partial charge in [-0.15, -0.1) is 0 Å². The van der Waals surface area contributed by atoms with Crippen molar-refractivity contribution in [3.05, 3.63) is 11.6 Å². The Morgan fingerprint density at radius 1 is 0.763 bits per heavy atom. The molecule has 0 radical (unpaired) electrons. The number of aliphatic hydroxyl groups is 4. The Labute approximate surface area is 348 Å². The lowest BCUT2D eigenvalue weighted by Crippen LogP contribution is -2.78. The van der Waals surface area contributed by atoms with Crippen molar-refractivity contribution in [3.63, 3.8) is 0 Å². The molecule has 0 aromatic heterocycles. The maximum atomic E-state index is 13.0. The highest BCUT2D eigenvalue weighted by atomic mass is 16.7. The maximum absolute atomic E-state index is 13.0. The topological polar surface area (TPSA) is 198 Å². The molecule has 4 aliphatic carbocycles. The van der Waals surface area contributed by atoms with Gasteiger partial charge in [-0.05, 0) is 90.9 Å². The number of allylic oxidation sites excluding steroid dienone is 1. The van der Waals surface area contributed by atoms with Crippen LogP contribution in [0.25, 0.3) is 0 Å². The summed E-state index contributed by atoms with van der Waals surface area (Å²) in [7, 11) is 4.90. The molecular weight excluding hydrogens is 768 g/mol. The number of Topliss-reactive ketones (excluding diaryl/α,β-unsaturated/α-hetero) is 1. The summed E-state index contributed by atoms with van der Waals surface area (Å²) in [6.45, 7) is 12.0. The molecule has 15 heteroatoms. The fourth-order valence-corrected chi connectivity index (χ4v) is 12.9. The molecule has 3 aliphatic heterocycles. The molecule has 1 unspecified atom stereocenters. The molecule has 7 rings (SSSR count). The Balaban J connectivity index is 1.02. The zero-order valence-electron chi connectivity index (χ0n) is 36.6. The molecule has 0 aromatic rings. The third kappa shape index (κ3) is 7.19. The molecule has 7 aliphatic rings. The fourth-order valence-electron chi connectivity index (χ4n) is 12.9. The monoisotopic (exact) mass is 838 g/mol. The van der Waals surface area contributed by atoms with Crippen molar-refractivity contribution >= 4 is 11.8 Å². The van der Waals surface area contributed by atoms with Gasteiger partial charge < -0.3 is 63.1 Å². The van der Waals surface area contributed by atoms with E-state index in [-0.39, 0.29) is 56.0 Å². The van der Waals surface area contributed by atoms with Gasteiger partial charge in [0, 0.05) is 53.4 Å². The van der Waals surface area contributed by atoms with Gasteiger partial charge in [0.25, 0.3) is 0 Å². The van der Waals surface area contributed by atoms with Crippen LogP contribution >= 0.6 is 0 Å². The third-order valence-electron chi connectivity index (χ3n) is 16.5. The first kappa shape index (κ1) is 45.4. The van der Waals surface area contributed by atoms with E-state index >= 15 is 0 Å². The van der Waals surface area contributed by atoms with Crippen molar-refractivity contribution < 1.29 is 72.6 Å². The van der Waals surface area contributed by atoms with Crippen LogP contribution in [0, 0.1) is 22.7 Å². The number of fused-ring (bicyclic) bond motifs is 5. The first-order valence-electron chi connectivity index (χ1n) is 21.8. The zero-order chi connectivity index (χ0) is 43.0. The highest BCUT2D eigenvalue weighted by molar-refractivity contribution is 5.87. The van der Waals surface area contributed by atoms with E-state index in [0.29, 0.717) is 25.7 Å². The summed E-state index contributed by atoms with van der Waals surface area (Å²) in [5, 5.41) is 47.7. The summed E-state index contributed by atoms with van der Waals surface area (Å²) < 4.78 is 55.6. The Morgan fingerprint density at radius 3 is 1.93 bits per heavy atom. The molecule has 3 saturated carbocycles.